The van der Waals surface area contributed by atoms with Crippen LogP contribution in [0.5, 0.6) is 5.75 Å². The summed E-state index contributed by atoms with van der Waals surface area (Å²) >= 11 is 1.82. The zero-order valence-electron chi connectivity index (χ0n) is 11.9. The van der Waals surface area contributed by atoms with Crippen molar-refractivity contribution >= 4 is 11.8 Å². The fourth-order valence-electron chi connectivity index (χ4n) is 1.86. The van der Waals surface area contributed by atoms with Gasteiger partial charge in [0.1, 0.15) is 11.3 Å². The van der Waals surface area contributed by atoms with Gasteiger partial charge in [0, 0.05) is 4.90 Å². The first-order valence-electron chi connectivity index (χ1n) is 6.56. The predicted molar refractivity (Wildman–Crippen MR) is 80.6 cm³/mol. The number of benzene rings is 1. The Labute approximate surface area is 120 Å². The van der Waals surface area contributed by atoms with Gasteiger partial charge in [0.2, 0.25) is 0 Å². The third-order valence-corrected chi connectivity index (χ3v) is 4.06. The molecule has 0 heterocycles. The lowest BCUT2D eigenvalue weighted by atomic mass is 9.98. The minimum absolute atomic E-state index is 0.394. The van der Waals surface area contributed by atoms with Crippen molar-refractivity contribution in [1.29, 1.82) is 5.26 Å². The summed E-state index contributed by atoms with van der Waals surface area (Å²) in [6.07, 6.45) is 1.90. The molecule has 19 heavy (non-hydrogen) atoms. The summed E-state index contributed by atoms with van der Waals surface area (Å²) in [5.74, 6) is 1.91. The van der Waals surface area contributed by atoms with Crippen molar-refractivity contribution in [2.45, 2.75) is 37.1 Å². The van der Waals surface area contributed by atoms with E-state index in [0.29, 0.717) is 0 Å². The van der Waals surface area contributed by atoms with Gasteiger partial charge in [-0.2, -0.15) is 5.26 Å². The lowest BCUT2D eigenvalue weighted by molar-refractivity contribution is 0.414. The third kappa shape index (κ3) is 5.54. The molecule has 1 aromatic carbocycles. The molecule has 0 fully saturated rings. The first-order valence-corrected chi connectivity index (χ1v) is 7.55. The van der Waals surface area contributed by atoms with Crippen LogP contribution in [0.25, 0.3) is 0 Å². The molecule has 1 N–H and O–H groups in total. The Bertz CT molecular complexity index is 413. The van der Waals surface area contributed by atoms with Gasteiger partial charge < -0.3 is 4.74 Å². The van der Waals surface area contributed by atoms with E-state index in [1.165, 1.54) is 4.90 Å². The van der Waals surface area contributed by atoms with Crippen molar-refractivity contribution in [3.05, 3.63) is 24.3 Å². The molecule has 104 valence electrons. The van der Waals surface area contributed by atoms with Crippen molar-refractivity contribution in [2.24, 2.45) is 0 Å². The highest BCUT2D eigenvalue weighted by atomic mass is 32.2. The molecule has 0 saturated carbocycles. The standard InChI is InChI=1S/C15H22N2OS/c1-4-17-15(2,12-16)10-5-11-19-14-8-6-13(18-3)7-9-14/h6-9,17H,4-5,10-11H2,1-3H3. The van der Waals surface area contributed by atoms with Crippen LogP contribution in [0, 0.1) is 11.3 Å². The zero-order chi connectivity index (χ0) is 14.1. The summed E-state index contributed by atoms with van der Waals surface area (Å²) < 4.78 is 5.13. The molecule has 0 bridgehead atoms. The number of methoxy groups -OCH3 is 1. The Morgan fingerprint density at radius 3 is 2.58 bits per heavy atom. The van der Waals surface area contributed by atoms with Crippen LogP contribution in [0.4, 0.5) is 0 Å². The fourth-order valence-corrected chi connectivity index (χ4v) is 2.71. The van der Waals surface area contributed by atoms with Crippen LogP contribution in [0.15, 0.2) is 29.2 Å². The van der Waals surface area contributed by atoms with E-state index in [4.69, 9.17) is 10.00 Å². The number of hydrogen-bond donors (Lipinski definition) is 1. The van der Waals surface area contributed by atoms with Gasteiger partial charge in [0.15, 0.2) is 0 Å². The van der Waals surface area contributed by atoms with Crippen LogP contribution in [-0.2, 0) is 0 Å². The maximum Gasteiger partial charge on any atom is 0.118 e. The van der Waals surface area contributed by atoms with Crippen molar-refractivity contribution in [1.82, 2.24) is 5.32 Å². The number of nitriles is 1. The van der Waals surface area contributed by atoms with E-state index >= 15 is 0 Å². The van der Waals surface area contributed by atoms with Crippen LogP contribution >= 0.6 is 11.8 Å². The number of rotatable bonds is 8. The molecule has 1 atom stereocenters. The number of nitrogens with one attached hydrogen (secondary N) is 1. The summed E-state index contributed by atoms with van der Waals surface area (Å²) in [5.41, 5.74) is -0.394. The van der Waals surface area contributed by atoms with E-state index in [1.54, 1.807) is 7.11 Å². The van der Waals surface area contributed by atoms with Crippen LogP contribution in [0.2, 0.25) is 0 Å². The lowest BCUT2D eigenvalue weighted by Crippen LogP contribution is -2.40. The second-order valence-electron chi connectivity index (χ2n) is 4.60. The van der Waals surface area contributed by atoms with Gasteiger partial charge in [-0.05, 0) is 56.3 Å². The quantitative estimate of drug-likeness (QED) is 0.584. The highest BCUT2D eigenvalue weighted by Crippen LogP contribution is 2.23. The number of thioether (sulfide) groups is 1. The van der Waals surface area contributed by atoms with Gasteiger partial charge in [0.25, 0.3) is 0 Å². The van der Waals surface area contributed by atoms with E-state index in [1.807, 2.05) is 37.7 Å². The molecular weight excluding hydrogens is 256 g/mol. The summed E-state index contributed by atoms with van der Waals surface area (Å²) in [5, 5.41) is 12.4. The van der Waals surface area contributed by atoms with E-state index in [0.717, 1.165) is 30.9 Å². The SMILES string of the molecule is CCNC(C)(C#N)CCCSc1ccc(OC)cc1. The highest BCUT2D eigenvalue weighted by Gasteiger charge is 2.21. The van der Waals surface area contributed by atoms with Crippen LogP contribution in [0.3, 0.4) is 0 Å². The summed E-state index contributed by atoms with van der Waals surface area (Å²) in [7, 11) is 1.67. The average molecular weight is 278 g/mol. The first kappa shape index (κ1) is 15.9. The van der Waals surface area contributed by atoms with E-state index in [-0.39, 0.29) is 0 Å². The second kappa shape index (κ2) is 8.08. The minimum Gasteiger partial charge on any atom is -0.497 e. The molecule has 0 aliphatic heterocycles. The van der Waals surface area contributed by atoms with Gasteiger partial charge in [0.05, 0.1) is 13.2 Å². The molecule has 0 saturated heterocycles. The van der Waals surface area contributed by atoms with Crippen molar-refractivity contribution < 1.29 is 4.74 Å². The van der Waals surface area contributed by atoms with Crippen LogP contribution < -0.4 is 10.1 Å². The Morgan fingerprint density at radius 2 is 2.05 bits per heavy atom. The highest BCUT2D eigenvalue weighted by molar-refractivity contribution is 7.99. The van der Waals surface area contributed by atoms with Crippen molar-refractivity contribution in [2.75, 3.05) is 19.4 Å². The Balaban J connectivity index is 2.32. The van der Waals surface area contributed by atoms with Gasteiger partial charge in [-0.3, -0.25) is 5.32 Å². The number of ether oxygens (including phenoxy) is 1. The molecular formula is C15H22N2OS. The molecule has 1 rings (SSSR count). The molecule has 0 aromatic heterocycles. The Kier molecular flexibility index (Phi) is 6.75. The normalized spacial score (nSPS) is 13.6. The fraction of sp³-hybridized carbons (Fsp3) is 0.533. The maximum atomic E-state index is 9.16. The summed E-state index contributed by atoms with van der Waals surface area (Å²) in [6.45, 7) is 4.83. The topological polar surface area (TPSA) is 45.0 Å². The molecule has 0 aliphatic rings. The van der Waals surface area contributed by atoms with Crippen LogP contribution in [0.1, 0.15) is 26.7 Å². The molecule has 0 aliphatic carbocycles. The largest absolute Gasteiger partial charge is 0.497 e. The van der Waals surface area contributed by atoms with Gasteiger partial charge in [-0.1, -0.05) is 6.92 Å². The summed E-state index contributed by atoms with van der Waals surface area (Å²) in [6, 6.07) is 10.4. The minimum atomic E-state index is -0.394. The van der Waals surface area contributed by atoms with Gasteiger partial charge >= 0.3 is 0 Å². The molecule has 1 aromatic rings. The number of hydrogen-bond acceptors (Lipinski definition) is 4. The van der Waals surface area contributed by atoms with Crippen LogP contribution in [-0.4, -0.2) is 24.9 Å². The van der Waals surface area contributed by atoms with Gasteiger partial charge in [-0.15, -0.1) is 11.8 Å². The van der Waals surface area contributed by atoms with Gasteiger partial charge in [-0.25, -0.2) is 0 Å². The maximum absolute atomic E-state index is 9.16. The molecule has 3 nitrogen and oxygen atoms in total. The second-order valence-corrected chi connectivity index (χ2v) is 5.77. The first-order chi connectivity index (χ1) is 9.13. The zero-order valence-corrected chi connectivity index (χ0v) is 12.7. The van der Waals surface area contributed by atoms with E-state index in [9.17, 15) is 0 Å². The predicted octanol–water partition coefficient (Wildman–Crippen LogP) is 3.46. The third-order valence-electron chi connectivity index (χ3n) is 2.96. The Morgan fingerprint density at radius 1 is 1.37 bits per heavy atom. The summed E-state index contributed by atoms with van der Waals surface area (Å²) in [4.78, 5) is 1.24. The molecule has 0 spiro atoms. The number of nitrogens with zero attached hydrogens (tertiary/aromatic N) is 1. The smallest absolute Gasteiger partial charge is 0.118 e. The monoisotopic (exact) mass is 278 g/mol. The molecule has 0 amide bonds. The molecule has 1 unspecified atom stereocenters. The van der Waals surface area contributed by atoms with Crippen molar-refractivity contribution in [3.63, 3.8) is 0 Å². The average Bonchev–Trinajstić information content (AvgIpc) is 2.44. The van der Waals surface area contributed by atoms with E-state index in [2.05, 4.69) is 23.5 Å². The van der Waals surface area contributed by atoms with Crippen molar-refractivity contribution in [3.8, 4) is 11.8 Å². The van der Waals surface area contributed by atoms with E-state index < -0.39 is 5.54 Å². The Hall–Kier alpha value is -1.18. The lowest BCUT2D eigenvalue weighted by Gasteiger charge is -2.22. The molecule has 4 heteroatoms. The molecule has 0 radical (unpaired) electrons.